The molecule has 0 unspecified atom stereocenters. The van der Waals surface area contributed by atoms with Gasteiger partial charge in [0.15, 0.2) is 0 Å². The van der Waals surface area contributed by atoms with Crippen LogP contribution in [0.5, 0.6) is 0 Å². The highest BCUT2D eigenvalue weighted by Gasteiger charge is 2.01. The molecule has 4 nitrogen and oxygen atoms in total. The van der Waals surface area contributed by atoms with Crippen molar-refractivity contribution in [2.75, 3.05) is 16.4 Å². The van der Waals surface area contributed by atoms with Crippen LogP contribution < -0.4 is 16.4 Å². The minimum atomic E-state index is -0.268. The molecule has 0 aliphatic rings. The maximum absolute atomic E-state index is 13.2. The topological polar surface area (TPSA) is 67.1 Å². The molecule has 0 spiro atoms. The molecule has 27 heavy (non-hydrogen) atoms. The van der Waals surface area contributed by atoms with Gasteiger partial charge in [-0.1, -0.05) is 42.5 Å². The first kappa shape index (κ1) is 18.2. The molecule has 0 saturated heterocycles. The number of benzene rings is 3. The van der Waals surface area contributed by atoms with E-state index >= 15 is 0 Å². The number of para-hydroxylation sites is 2. The van der Waals surface area contributed by atoms with Crippen molar-refractivity contribution in [1.82, 2.24) is 0 Å². The summed E-state index contributed by atoms with van der Waals surface area (Å²) in [4.78, 5) is 12.0. The maximum Gasteiger partial charge on any atom is 0.248 e. The average Bonchev–Trinajstić information content (AvgIpc) is 2.67. The largest absolute Gasteiger partial charge is 0.397 e. The zero-order chi connectivity index (χ0) is 19.1. The molecule has 1 amide bonds. The number of nitrogens with two attached hydrogens (primary N) is 1. The second-order valence-electron chi connectivity index (χ2n) is 6.02. The molecule has 3 aromatic carbocycles. The molecule has 0 atom stereocenters. The average molecular weight is 361 g/mol. The Kier molecular flexibility index (Phi) is 5.84. The van der Waals surface area contributed by atoms with E-state index in [4.69, 9.17) is 5.73 Å². The van der Waals surface area contributed by atoms with E-state index in [1.807, 2.05) is 42.5 Å². The number of anilines is 3. The molecule has 136 valence electrons. The third kappa shape index (κ3) is 5.44. The lowest BCUT2D eigenvalue weighted by Gasteiger charge is -2.07. The second-order valence-corrected chi connectivity index (χ2v) is 6.02. The summed E-state index contributed by atoms with van der Waals surface area (Å²) in [6.07, 6.45) is 3.20. The van der Waals surface area contributed by atoms with Gasteiger partial charge in [0, 0.05) is 18.3 Å². The summed E-state index contributed by atoms with van der Waals surface area (Å²) in [6.45, 7) is 0.585. The summed E-state index contributed by atoms with van der Waals surface area (Å²) in [5.41, 5.74) is 9.61. The predicted octanol–water partition coefficient (Wildman–Crippen LogP) is 4.67. The van der Waals surface area contributed by atoms with Crippen molar-refractivity contribution in [3.63, 3.8) is 0 Å². The first-order chi connectivity index (χ1) is 13.1. The summed E-state index contributed by atoms with van der Waals surface area (Å²) >= 11 is 0. The summed E-state index contributed by atoms with van der Waals surface area (Å²) in [6, 6.07) is 21.2. The molecular weight excluding hydrogens is 341 g/mol. The van der Waals surface area contributed by atoms with Gasteiger partial charge in [-0.25, -0.2) is 4.39 Å². The first-order valence-corrected chi connectivity index (χ1v) is 8.52. The van der Waals surface area contributed by atoms with Crippen LogP contribution >= 0.6 is 0 Å². The number of nitrogens with one attached hydrogen (secondary N) is 2. The Hall–Kier alpha value is -3.60. The van der Waals surface area contributed by atoms with Crippen LogP contribution in [0.25, 0.3) is 6.08 Å². The summed E-state index contributed by atoms with van der Waals surface area (Å²) in [5, 5.41) is 5.91. The van der Waals surface area contributed by atoms with Crippen LogP contribution in [0.4, 0.5) is 21.5 Å². The molecule has 3 aromatic rings. The monoisotopic (exact) mass is 361 g/mol. The fourth-order valence-electron chi connectivity index (χ4n) is 2.51. The smallest absolute Gasteiger partial charge is 0.248 e. The number of hydrogen-bond acceptors (Lipinski definition) is 3. The molecule has 3 rings (SSSR count). The fraction of sp³-hybridized carbons (Fsp3) is 0.0455. The minimum absolute atomic E-state index is 0.246. The van der Waals surface area contributed by atoms with Crippen molar-refractivity contribution in [3.8, 4) is 0 Å². The predicted molar refractivity (Wildman–Crippen MR) is 109 cm³/mol. The molecule has 4 N–H and O–H groups in total. The lowest BCUT2D eigenvalue weighted by atomic mass is 10.1. The van der Waals surface area contributed by atoms with Gasteiger partial charge in [-0.2, -0.15) is 0 Å². The van der Waals surface area contributed by atoms with E-state index in [1.54, 1.807) is 24.3 Å². The number of amides is 1. The van der Waals surface area contributed by atoms with Gasteiger partial charge in [-0.05, 0) is 47.5 Å². The van der Waals surface area contributed by atoms with E-state index in [1.165, 1.54) is 18.2 Å². The Morgan fingerprint density at radius 1 is 1.00 bits per heavy atom. The zero-order valence-corrected chi connectivity index (χ0v) is 14.7. The highest BCUT2D eigenvalue weighted by Crippen LogP contribution is 2.17. The van der Waals surface area contributed by atoms with Crippen LogP contribution in [-0.4, -0.2) is 5.91 Å². The van der Waals surface area contributed by atoms with Gasteiger partial charge >= 0.3 is 0 Å². The van der Waals surface area contributed by atoms with Crippen LogP contribution in [-0.2, 0) is 11.3 Å². The van der Waals surface area contributed by atoms with Crippen molar-refractivity contribution in [1.29, 1.82) is 0 Å². The van der Waals surface area contributed by atoms with Gasteiger partial charge in [0.2, 0.25) is 5.91 Å². The zero-order valence-electron chi connectivity index (χ0n) is 14.7. The van der Waals surface area contributed by atoms with E-state index in [0.717, 1.165) is 16.8 Å². The molecule has 0 aliphatic carbocycles. The third-order valence-electron chi connectivity index (χ3n) is 3.95. The van der Waals surface area contributed by atoms with Gasteiger partial charge < -0.3 is 16.4 Å². The van der Waals surface area contributed by atoms with E-state index in [-0.39, 0.29) is 11.7 Å². The molecule has 0 heterocycles. The maximum atomic E-state index is 13.2. The van der Waals surface area contributed by atoms with Crippen LogP contribution in [0.15, 0.2) is 78.9 Å². The summed E-state index contributed by atoms with van der Waals surface area (Å²) in [5.74, 6) is -0.513. The van der Waals surface area contributed by atoms with Crippen LogP contribution in [0.2, 0.25) is 0 Å². The van der Waals surface area contributed by atoms with Gasteiger partial charge in [-0.3, -0.25) is 4.79 Å². The Morgan fingerprint density at radius 2 is 1.78 bits per heavy atom. The lowest BCUT2D eigenvalue weighted by molar-refractivity contribution is -0.111. The molecule has 0 aromatic heterocycles. The van der Waals surface area contributed by atoms with E-state index in [0.29, 0.717) is 17.9 Å². The number of rotatable bonds is 6. The van der Waals surface area contributed by atoms with Gasteiger partial charge in [0.25, 0.3) is 0 Å². The standard InChI is InChI=1S/C22H20FN3O/c23-18-4-3-5-19(14-18)25-15-17-10-8-16(9-11-17)12-13-22(27)26-21-7-2-1-6-20(21)24/h1-14,25H,15,24H2,(H,26,27). The normalized spacial score (nSPS) is 10.7. The number of hydrogen-bond donors (Lipinski definition) is 3. The van der Waals surface area contributed by atoms with Crippen molar-refractivity contribution < 1.29 is 9.18 Å². The Bertz CT molecular complexity index is 952. The van der Waals surface area contributed by atoms with Crippen molar-refractivity contribution in [2.45, 2.75) is 6.54 Å². The molecule has 0 saturated carbocycles. The summed E-state index contributed by atoms with van der Waals surface area (Å²) < 4.78 is 13.2. The molecule has 0 aliphatic heterocycles. The Morgan fingerprint density at radius 3 is 2.52 bits per heavy atom. The molecule has 0 radical (unpaired) electrons. The number of carbonyl (C=O) groups excluding carboxylic acids is 1. The number of nitrogen functional groups attached to an aromatic ring is 1. The van der Waals surface area contributed by atoms with E-state index < -0.39 is 0 Å². The van der Waals surface area contributed by atoms with Gasteiger partial charge in [-0.15, -0.1) is 0 Å². The third-order valence-corrected chi connectivity index (χ3v) is 3.95. The van der Waals surface area contributed by atoms with Crippen LogP contribution in [0.3, 0.4) is 0 Å². The molecule has 0 bridgehead atoms. The van der Waals surface area contributed by atoms with E-state index in [9.17, 15) is 9.18 Å². The van der Waals surface area contributed by atoms with Crippen LogP contribution in [0, 0.1) is 5.82 Å². The number of carbonyl (C=O) groups is 1. The van der Waals surface area contributed by atoms with Crippen LogP contribution in [0.1, 0.15) is 11.1 Å². The Labute approximate surface area is 157 Å². The minimum Gasteiger partial charge on any atom is -0.397 e. The second kappa shape index (κ2) is 8.67. The lowest BCUT2D eigenvalue weighted by Crippen LogP contribution is -2.09. The molecule has 0 fully saturated rings. The van der Waals surface area contributed by atoms with Crippen molar-refractivity contribution >= 4 is 29.0 Å². The Balaban J connectivity index is 1.54. The van der Waals surface area contributed by atoms with Crippen molar-refractivity contribution in [3.05, 3.63) is 95.8 Å². The number of halogens is 1. The first-order valence-electron chi connectivity index (χ1n) is 8.52. The summed E-state index contributed by atoms with van der Waals surface area (Å²) in [7, 11) is 0. The van der Waals surface area contributed by atoms with Gasteiger partial charge in [0.1, 0.15) is 5.82 Å². The SMILES string of the molecule is Nc1ccccc1NC(=O)C=Cc1ccc(CNc2cccc(F)c2)cc1. The van der Waals surface area contributed by atoms with Gasteiger partial charge in [0.05, 0.1) is 11.4 Å². The molecular formula is C22H20FN3O. The molecule has 5 heteroatoms. The van der Waals surface area contributed by atoms with E-state index in [2.05, 4.69) is 10.6 Å². The van der Waals surface area contributed by atoms with Crippen molar-refractivity contribution in [2.24, 2.45) is 0 Å². The quantitative estimate of drug-likeness (QED) is 0.441. The highest BCUT2D eigenvalue weighted by molar-refractivity contribution is 6.03. The highest BCUT2D eigenvalue weighted by atomic mass is 19.1. The fourth-order valence-corrected chi connectivity index (χ4v) is 2.51.